The smallest absolute Gasteiger partial charge is 0.262 e. The second-order valence-electron chi connectivity index (χ2n) is 7.43. The lowest BCUT2D eigenvalue weighted by atomic mass is 10.1. The van der Waals surface area contributed by atoms with Crippen LogP contribution < -0.4 is 16.0 Å². The van der Waals surface area contributed by atoms with Gasteiger partial charge in [0.25, 0.3) is 5.56 Å². The van der Waals surface area contributed by atoms with E-state index in [9.17, 15) is 18.0 Å². The Kier molecular flexibility index (Phi) is 6.33. The van der Waals surface area contributed by atoms with Crippen LogP contribution in [0.3, 0.4) is 0 Å². The van der Waals surface area contributed by atoms with Gasteiger partial charge in [0.2, 0.25) is 15.9 Å². The molecule has 0 saturated carbocycles. The summed E-state index contributed by atoms with van der Waals surface area (Å²) in [5, 5.41) is 12.5. The minimum atomic E-state index is -3.73. The number of H-pyrrole nitrogens is 1. The molecule has 4 aromatic rings. The van der Waals surface area contributed by atoms with Gasteiger partial charge in [0.1, 0.15) is 11.2 Å². The molecule has 11 heteroatoms. The van der Waals surface area contributed by atoms with Gasteiger partial charge in [0.05, 0.1) is 16.8 Å². The highest BCUT2D eigenvalue weighted by Gasteiger charge is 2.12. The number of amides is 1. The first kappa shape index (κ1) is 22.4. The van der Waals surface area contributed by atoms with Crippen molar-refractivity contribution in [2.24, 2.45) is 5.14 Å². The number of aromatic nitrogens is 4. The van der Waals surface area contributed by atoms with Crippen LogP contribution in [0.2, 0.25) is 0 Å². The molecule has 33 heavy (non-hydrogen) atoms. The topological polar surface area (TPSA) is 153 Å². The second kappa shape index (κ2) is 9.35. The fourth-order valence-corrected chi connectivity index (χ4v) is 3.87. The standard InChI is InChI=1S/C22H22N6O4S/c23-33(31,32)17-8-6-15(7-9-17)12-13-24-20(29)11-10-19-26-21-18(22(30)27-19)14-25-28(21)16-4-2-1-3-5-16/h1-9,14H,10-13H2,(H,24,29)(H2,23,31,32)(H,26,27,30). The predicted molar refractivity (Wildman–Crippen MR) is 122 cm³/mol. The number of hydrogen-bond donors (Lipinski definition) is 3. The normalized spacial score (nSPS) is 11.5. The third kappa shape index (κ3) is 5.33. The van der Waals surface area contributed by atoms with E-state index in [2.05, 4.69) is 20.4 Å². The molecule has 2 aromatic heterocycles. The summed E-state index contributed by atoms with van der Waals surface area (Å²) in [6, 6.07) is 15.5. The molecule has 0 atom stereocenters. The highest BCUT2D eigenvalue weighted by Crippen LogP contribution is 2.14. The summed E-state index contributed by atoms with van der Waals surface area (Å²) >= 11 is 0. The van der Waals surface area contributed by atoms with Gasteiger partial charge >= 0.3 is 0 Å². The van der Waals surface area contributed by atoms with Gasteiger partial charge in [-0.2, -0.15) is 5.10 Å². The second-order valence-corrected chi connectivity index (χ2v) is 8.99. The number of sulfonamides is 1. The lowest BCUT2D eigenvalue weighted by molar-refractivity contribution is -0.121. The molecule has 2 aromatic carbocycles. The molecule has 0 fully saturated rings. The van der Waals surface area contributed by atoms with Crippen molar-refractivity contribution in [2.75, 3.05) is 6.54 Å². The molecule has 0 aliphatic carbocycles. The van der Waals surface area contributed by atoms with E-state index >= 15 is 0 Å². The molecule has 0 aliphatic rings. The fourth-order valence-electron chi connectivity index (χ4n) is 3.35. The number of aromatic amines is 1. The maximum absolute atomic E-state index is 12.4. The van der Waals surface area contributed by atoms with Gasteiger partial charge in [-0.25, -0.2) is 23.2 Å². The fraction of sp³-hybridized carbons (Fsp3) is 0.182. The van der Waals surface area contributed by atoms with Crippen molar-refractivity contribution in [3.05, 3.63) is 82.5 Å². The predicted octanol–water partition coefficient (Wildman–Crippen LogP) is 1.05. The Labute approximate surface area is 189 Å². The van der Waals surface area contributed by atoms with Gasteiger partial charge in [-0.05, 0) is 36.2 Å². The Bertz CT molecular complexity index is 1440. The lowest BCUT2D eigenvalue weighted by Crippen LogP contribution is -2.26. The molecule has 170 valence electrons. The number of para-hydroxylation sites is 1. The average molecular weight is 467 g/mol. The molecule has 10 nitrogen and oxygen atoms in total. The van der Waals surface area contributed by atoms with E-state index in [0.29, 0.717) is 29.8 Å². The molecule has 0 saturated heterocycles. The summed E-state index contributed by atoms with van der Waals surface area (Å²) in [6.07, 6.45) is 2.42. The third-order valence-electron chi connectivity index (χ3n) is 5.06. The number of fused-ring (bicyclic) bond motifs is 1. The van der Waals surface area contributed by atoms with Crippen LogP contribution in [-0.2, 0) is 27.7 Å². The molecule has 0 aliphatic heterocycles. The molecule has 0 bridgehead atoms. The van der Waals surface area contributed by atoms with Crippen LogP contribution in [0, 0.1) is 0 Å². The molecule has 0 radical (unpaired) electrons. The van der Waals surface area contributed by atoms with Crippen LogP contribution in [0.15, 0.2) is 70.5 Å². The van der Waals surface area contributed by atoms with Crippen molar-refractivity contribution in [1.29, 1.82) is 0 Å². The van der Waals surface area contributed by atoms with Crippen molar-refractivity contribution in [3.63, 3.8) is 0 Å². The first-order valence-corrected chi connectivity index (χ1v) is 11.8. The SMILES string of the molecule is NS(=O)(=O)c1ccc(CCNC(=O)CCc2nc3c(cnn3-c3ccccc3)c(=O)[nH]2)cc1. The number of hydrogen-bond acceptors (Lipinski definition) is 6. The first-order valence-electron chi connectivity index (χ1n) is 10.2. The summed E-state index contributed by atoms with van der Waals surface area (Å²) < 4.78 is 24.2. The van der Waals surface area contributed by atoms with Crippen LogP contribution >= 0.6 is 0 Å². The minimum absolute atomic E-state index is 0.0438. The van der Waals surface area contributed by atoms with Crippen molar-refractivity contribution in [2.45, 2.75) is 24.2 Å². The molecule has 1 amide bonds. The minimum Gasteiger partial charge on any atom is -0.356 e. The van der Waals surface area contributed by atoms with Crippen molar-refractivity contribution in [1.82, 2.24) is 25.1 Å². The maximum Gasteiger partial charge on any atom is 0.262 e. The lowest BCUT2D eigenvalue weighted by Gasteiger charge is -2.07. The zero-order valence-corrected chi connectivity index (χ0v) is 18.4. The number of nitrogens with zero attached hydrogens (tertiary/aromatic N) is 3. The number of benzene rings is 2. The van der Waals surface area contributed by atoms with E-state index in [0.717, 1.165) is 11.3 Å². The summed E-state index contributed by atoms with van der Waals surface area (Å²) in [7, 11) is -3.73. The van der Waals surface area contributed by atoms with Crippen LogP contribution in [0.4, 0.5) is 0 Å². The summed E-state index contributed by atoms with van der Waals surface area (Å²) in [5.74, 6) is 0.217. The van der Waals surface area contributed by atoms with Crippen molar-refractivity contribution in [3.8, 4) is 5.69 Å². The molecule has 4 rings (SSSR count). The van der Waals surface area contributed by atoms with E-state index in [1.54, 1.807) is 16.8 Å². The molecule has 0 unspecified atom stereocenters. The number of nitrogens with one attached hydrogen (secondary N) is 2. The van der Waals surface area contributed by atoms with Crippen LogP contribution in [-0.4, -0.2) is 40.6 Å². The Morgan fingerprint density at radius 3 is 2.48 bits per heavy atom. The van der Waals surface area contributed by atoms with E-state index < -0.39 is 10.0 Å². The van der Waals surface area contributed by atoms with E-state index in [1.807, 2.05) is 30.3 Å². The largest absolute Gasteiger partial charge is 0.356 e. The van der Waals surface area contributed by atoms with Crippen molar-refractivity contribution >= 4 is 27.0 Å². The van der Waals surface area contributed by atoms with Crippen LogP contribution in [0.25, 0.3) is 16.7 Å². The number of rotatable bonds is 8. The van der Waals surface area contributed by atoms with E-state index in [4.69, 9.17) is 5.14 Å². The van der Waals surface area contributed by atoms with Crippen molar-refractivity contribution < 1.29 is 13.2 Å². The average Bonchev–Trinajstić information content (AvgIpc) is 3.23. The summed E-state index contributed by atoms with van der Waals surface area (Å²) in [6.45, 7) is 0.386. The summed E-state index contributed by atoms with van der Waals surface area (Å²) in [4.78, 5) is 31.9. The molecular formula is C22H22N6O4S. The van der Waals surface area contributed by atoms with Crippen LogP contribution in [0.1, 0.15) is 17.8 Å². The number of carbonyl (C=O) groups is 1. The van der Waals surface area contributed by atoms with E-state index in [1.165, 1.54) is 18.3 Å². The Hall–Kier alpha value is -3.83. The quantitative estimate of drug-likeness (QED) is 0.353. The number of nitrogens with two attached hydrogens (primary N) is 1. The molecule has 4 N–H and O–H groups in total. The summed E-state index contributed by atoms with van der Waals surface area (Å²) in [5.41, 5.74) is 1.78. The van der Waals surface area contributed by atoms with Gasteiger partial charge in [-0.3, -0.25) is 9.59 Å². The van der Waals surface area contributed by atoms with Gasteiger partial charge in [-0.1, -0.05) is 30.3 Å². The number of primary sulfonamides is 1. The van der Waals surface area contributed by atoms with Gasteiger partial charge in [0.15, 0.2) is 5.65 Å². The van der Waals surface area contributed by atoms with Crippen LogP contribution in [0.5, 0.6) is 0 Å². The zero-order valence-electron chi connectivity index (χ0n) is 17.6. The van der Waals surface area contributed by atoms with E-state index in [-0.39, 0.29) is 29.2 Å². The Morgan fingerprint density at radius 1 is 1.06 bits per heavy atom. The molecule has 2 heterocycles. The number of aryl methyl sites for hydroxylation is 1. The third-order valence-corrected chi connectivity index (χ3v) is 5.99. The van der Waals surface area contributed by atoms with Gasteiger partial charge < -0.3 is 10.3 Å². The molecule has 0 spiro atoms. The number of carbonyl (C=O) groups excluding carboxylic acids is 1. The Morgan fingerprint density at radius 2 is 1.79 bits per heavy atom. The zero-order chi connectivity index (χ0) is 23.4. The monoisotopic (exact) mass is 466 g/mol. The maximum atomic E-state index is 12.4. The highest BCUT2D eigenvalue weighted by molar-refractivity contribution is 7.89. The highest BCUT2D eigenvalue weighted by atomic mass is 32.2. The Balaban J connectivity index is 1.35. The van der Waals surface area contributed by atoms with Gasteiger partial charge in [0, 0.05) is 19.4 Å². The van der Waals surface area contributed by atoms with Gasteiger partial charge in [-0.15, -0.1) is 0 Å². The first-order chi connectivity index (χ1) is 15.8. The molecular weight excluding hydrogens is 444 g/mol.